The quantitative estimate of drug-likeness (QED) is 0.799. The van der Waals surface area contributed by atoms with Crippen LogP contribution in [0.4, 0.5) is 8.78 Å². The Kier molecular flexibility index (Phi) is 2.25. The Labute approximate surface area is 76.7 Å². The molecule has 0 saturated heterocycles. The molecule has 0 amide bonds. The van der Waals surface area contributed by atoms with E-state index in [2.05, 4.69) is 5.10 Å². The highest BCUT2D eigenvalue weighted by molar-refractivity contribution is 6.31. The van der Waals surface area contributed by atoms with Gasteiger partial charge >= 0.3 is 11.9 Å². The minimum absolute atomic E-state index is 0.366. The molecule has 0 aliphatic rings. The number of rotatable bonds is 2. The van der Waals surface area contributed by atoms with Crippen LogP contribution in [0, 0.1) is 0 Å². The first-order valence-electron chi connectivity index (χ1n) is 3.16. The number of nitrogens with zero attached hydrogens (tertiary/aromatic N) is 2. The molecule has 0 aliphatic carbocycles. The monoisotopic (exact) mass is 210 g/mol. The van der Waals surface area contributed by atoms with Crippen LogP contribution in [0.25, 0.3) is 0 Å². The molecule has 1 aromatic heterocycles. The molecule has 0 unspecified atom stereocenters. The number of carboxylic acids is 1. The van der Waals surface area contributed by atoms with E-state index in [0.717, 1.165) is 10.9 Å². The summed E-state index contributed by atoms with van der Waals surface area (Å²) in [4.78, 5) is 10.2. The fourth-order valence-corrected chi connectivity index (χ4v) is 1.15. The average Bonchev–Trinajstić information content (AvgIpc) is 2.30. The standard InChI is InChI=1S/C6H5ClF2N2O2/c1-11-4(3(7)2-10-11)6(8,9)5(12)13/h2H,1H3,(H,12,13). The Morgan fingerprint density at radius 1 is 1.77 bits per heavy atom. The van der Waals surface area contributed by atoms with Crippen molar-refractivity contribution in [2.24, 2.45) is 7.05 Å². The molecule has 0 radical (unpaired) electrons. The molecular weight excluding hydrogens is 206 g/mol. The van der Waals surface area contributed by atoms with E-state index in [1.54, 1.807) is 0 Å². The average molecular weight is 211 g/mol. The molecule has 0 fully saturated rings. The Morgan fingerprint density at radius 3 is 2.62 bits per heavy atom. The van der Waals surface area contributed by atoms with Crippen LogP contribution < -0.4 is 0 Å². The van der Waals surface area contributed by atoms with E-state index >= 15 is 0 Å². The van der Waals surface area contributed by atoms with Crippen LogP contribution in [0.2, 0.25) is 5.02 Å². The second-order valence-corrected chi connectivity index (χ2v) is 2.75. The summed E-state index contributed by atoms with van der Waals surface area (Å²) in [6.45, 7) is 0. The van der Waals surface area contributed by atoms with Gasteiger partial charge in [0.15, 0.2) is 0 Å². The van der Waals surface area contributed by atoms with Crippen LogP contribution in [0.5, 0.6) is 0 Å². The van der Waals surface area contributed by atoms with Crippen molar-refractivity contribution in [3.8, 4) is 0 Å². The number of aliphatic carboxylic acids is 1. The second-order valence-electron chi connectivity index (χ2n) is 2.34. The lowest BCUT2D eigenvalue weighted by Crippen LogP contribution is -2.28. The number of carbonyl (C=O) groups is 1. The van der Waals surface area contributed by atoms with Crippen molar-refractivity contribution in [2.75, 3.05) is 0 Å². The van der Waals surface area contributed by atoms with Gasteiger partial charge in [-0.1, -0.05) is 11.6 Å². The molecule has 1 aromatic rings. The molecule has 1 heterocycles. The smallest absolute Gasteiger partial charge is 0.385 e. The summed E-state index contributed by atoms with van der Waals surface area (Å²) in [5, 5.41) is 11.3. The van der Waals surface area contributed by atoms with E-state index in [9.17, 15) is 13.6 Å². The van der Waals surface area contributed by atoms with Gasteiger partial charge in [0.05, 0.1) is 11.2 Å². The summed E-state index contributed by atoms with van der Waals surface area (Å²) < 4.78 is 26.5. The fourth-order valence-electron chi connectivity index (χ4n) is 0.865. The SMILES string of the molecule is Cn1ncc(Cl)c1C(F)(F)C(=O)O. The summed E-state index contributed by atoms with van der Waals surface area (Å²) in [5.41, 5.74) is -0.818. The summed E-state index contributed by atoms with van der Waals surface area (Å²) in [7, 11) is 1.19. The van der Waals surface area contributed by atoms with Crippen LogP contribution in [0.15, 0.2) is 6.20 Å². The van der Waals surface area contributed by atoms with Gasteiger partial charge in [-0.2, -0.15) is 13.9 Å². The zero-order valence-corrected chi connectivity index (χ0v) is 7.22. The maximum absolute atomic E-state index is 12.9. The van der Waals surface area contributed by atoms with E-state index in [1.807, 2.05) is 0 Å². The van der Waals surface area contributed by atoms with E-state index in [-0.39, 0.29) is 5.02 Å². The van der Waals surface area contributed by atoms with Crippen LogP contribution in [0.1, 0.15) is 5.69 Å². The topological polar surface area (TPSA) is 55.1 Å². The predicted molar refractivity (Wildman–Crippen MR) is 39.7 cm³/mol. The lowest BCUT2D eigenvalue weighted by atomic mass is 10.2. The number of halogens is 3. The number of aromatic nitrogens is 2. The summed E-state index contributed by atoms with van der Waals surface area (Å²) >= 11 is 5.35. The molecule has 7 heteroatoms. The molecule has 0 spiro atoms. The third-order valence-corrected chi connectivity index (χ3v) is 1.74. The van der Waals surface area contributed by atoms with Crippen molar-refractivity contribution in [2.45, 2.75) is 5.92 Å². The van der Waals surface area contributed by atoms with E-state index in [1.165, 1.54) is 7.05 Å². The predicted octanol–water partition coefficient (Wildman–Crippen LogP) is 1.25. The van der Waals surface area contributed by atoms with Gasteiger partial charge in [0, 0.05) is 7.05 Å². The first kappa shape index (κ1) is 9.91. The van der Waals surface area contributed by atoms with Gasteiger partial charge in [0.2, 0.25) is 0 Å². The molecule has 0 aliphatic heterocycles. The molecule has 0 aromatic carbocycles. The highest BCUT2D eigenvalue weighted by atomic mass is 35.5. The largest absolute Gasteiger partial charge is 0.476 e. The van der Waals surface area contributed by atoms with Gasteiger partial charge in [-0.15, -0.1) is 0 Å². The van der Waals surface area contributed by atoms with Crippen molar-refractivity contribution >= 4 is 17.6 Å². The van der Waals surface area contributed by atoms with Gasteiger partial charge in [0.1, 0.15) is 5.69 Å². The van der Waals surface area contributed by atoms with Crippen LogP contribution in [-0.2, 0) is 17.8 Å². The molecule has 0 saturated carbocycles. The lowest BCUT2D eigenvalue weighted by molar-refractivity contribution is -0.167. The molecule has 1 N–H and O–H groups in total. The third kappa shape index (κ3) is 1.49. The maximum Gasteiger partial charge on any atom is 0.385 e. The Morgan fingerprint density at radius 2 is 2.31 bits per heavy atom. The van der Waals surface area contributed by atoms with Crippen molar-refractivity contribution in [3.05, 3.63) is 16.9 Å². The third-order valence-electron chi connectivity index (χ3n) is 1.46. The highest BCUT2D eigenvalue weighted by Gasteiger charge is 2.45. The maximum atomic E-state index is 12.9. The minimum atomic E-state index is -4.01. The molecule has 13 heavy (non-hydrogen) atoms. The van der Waals surface area contributed by atoms with Gasteiger partial charge in [-0.25, -0.2) is 4.79 Å². The van der Waals surface area contributed by atoms with Crippen LogP contribution in [-0.4, -0.2) is 20.9 Å². The molecule has 4 nitrogen and oxygen atoms in total. The summed E-state index contributed by atoms with van der Waals surface area (Å²) in [5.74, 6) is -6.26. The van der Waals surface area contributed by atoms with E-state index in [0.29, 0.717) is 0 Å². The van der Waals surface area contributed by atoms with Gasteiger partial charge in [-0.05, 0) is 0 Å². The second kappa shape index (κ2) is 2.95. The van der Waals surface area contributed by atoms with Gasteiger partial charge < -0.3 is 5.11 Å². The number of hydrogen-bond acceptors (Lipinski definition) is 2. The zero-order chi connectivity index (χ0) is 10.2. The zero-order valence-electron chi connectivity index (χ0n) is 6.46. The number of hydrogen-bond donors (Lipinski definition) is 1. The molecule has 1 rings (SSSR count). The van der Waals surface area contributed by atoms with Crippen LogP contribution >= 0.6 is 11.6 Å². The van der Waals surface area contributed by atoms with Gasteiger partial charge in [0.25, 0.3) is 0 Å². The van der Waals surface area contributed by atoms with Gasteiger partial charge in [-0.3, -0.25) is 4.68 Å². The molecular formula is C6H5ClF2N2O2. The molecule has 0 atom stereocenters. The Hall–Kier alpha value is -1.17. The van der Waals surface area contributed by atoms with Crippen molar-refractivity contribution < 1.29 is 18.7 Å². The minimum Gasteiger partial charge on any atom is -0.476 e. The highest BCUT2D eigenvalue weighted by Crippen LogP contribution is 2.32. The number of alkyl halides is 2. The number of aryl methyl sites for hydroxylation is 1. The number of carboxylic acid groups (broad SMARTS) is 1. The van der Waals surface area contributed by atoms with E-state index < -0.39 is 17.6 Å². The van der Waals surface area contributed by atoms with E-state index in [4.69, 9.17) is 16.7 Å². The molecule has 0 bridgehead atoms. The van der Waals surface area contributed by atoms with Crippen molar-refractivity contribution in [1.82, 2.24) is 9.78 Å². The molecule has 72 valence electrons. The first-order valence-corrected chi connectivity index (χ1v) is 3.54. The lowest BCUT2D eigenvalue weighted by Gasteiger charge is -2.11. The van der Waals surface area contributed by atoms with Crippen molar-refractivity contribution in [1.29, 1.82) is 0 Å². The summed E-state index contributed by atoms with van der Waals surface area (Å²) in [6.07, 6.45) is 0.966. The Bertz CT molecular complexity index is 331. The van der Waals surface area contributed by atoms with Crippen LogP contribution in [0.3, 0.4) is 0 Å². The Balaban J connectivity index is 3.28. The normalized spacial score (nSPS) is 11.7. The summed E-state index contributed by atoms with van der Waals surface area (Å²) in [6, 6.07) is 0. The van der Waals surface area contributed by atoms with Crippen molar-refractivity contribution in [3.63, 3.8) is 0 Å². The first-order chi connectivity index (χ1) is 5.87. The fraction of sp³-hybridized carbons (Fsp3) is 0.333.